The van der Waals surface area contributed by atoms with Crippen LogP contribution >= 0.6 is 16.9 Å². The number of benzene rings is 3. The van der Waals surface area contributed by atoms with Gasteiger partial charge in [0.1, 0.15) is 0 Å². The minimum Gasteiger partial charge on any atom is -0.269 e. The van der Waals surface area contributed by atoms with E-state index in [-0.39, 0.29) is 16.9 Å². The van der Waals surface area contributed by atoms with Crippen LogP contribution in [0.1, 0.15) is 5.56 Å². The predicted molar refractivity (Wildman–Crippen MR) is 88.6 cm³/mol. The molecule has 0 bridgehead atoms. The Labute approximate surface area is 126 Å². The minimum absolute atomic E-state index is 0.0292. The molecule has 0 saturated carbocycles. The smallest absolute Gasteiger partial charge is 0.192 e. The molecule has 2 nitrogen and oxygen atoms in total. The average molecular weight is 310 g/mol. The second-order valence-corrected chi connectivity index (χ2v) is 6.16. The third-order valence-corrected chi connectivity index (χ3v) is 4.74. The van der Waals surface area contributed by atoms with E-state index in [1.165, 1.54) is 0 Å². The number of fused-ring (bicyclic) bond motifs is 1. The Bertz CT molecular complexity index is 857. The first kappa shape index (κ1) is 14.1. The molecule has 0 atom stereocenters. The van der Waals surface area contributed by atoms with E-state index in [9.17, 15) is 9.13 Å². The molecule has 21 heavy (non-hydrogen) atoms. The lowest BCUT2D eigenvalue weighted by Crippen LogP contribution is -2.07. The van der Waals surface area contributed by atoms with Crippen LogP contribution in [0.3, 0.4) is 0 Å². The maximum Gasteiger partial charge on any atom is 0.192 e. The van der Waals surface area contributed by atoms with Crippen LogP contribution in [0.15, 0.2) is 54.6 Å². The van der Waals surface area contributed by atoms with Crippen LogP contribution in [0, 0.1) is 6.92 Å². The Hall–Kier alpha value is -1.88. The molecule has 0 fully saturated rings. The van der Waals surface area contributed by atoms with Gasteiger partial charge in [0.25, 0.3) is 0 Å². The third kappa shape index (κ3) is 2.42. The predicted octanol–water partition coefficient (Wildman–Crippen LogP) is 4.65. The lowest BCUT2D eigenvalue weighted by atomic mass is 9.95. The summed E-state index contributed by atoms with van der Waals surface area (Å²) >= 11 is 0. The summed E-state index contributed by atoms with van der Waals surface area (Å²) in [5.41, 5.74) is 2.84. The van der Waals surface area contributed by atoms with Crippen molar-refractivity contribution in [3.8, 4) is 11.1 Å². The number of hydrogen-bond acceptors (Lipinski definition) is 2. The van der Waals surface area contributed by atoms with E-state index in [1.807, 2.05) is 61.5 Å². The maximum atomic E-state index is 11.6. The van der Waals surface area contributed by atoms with Gasteiger partial charge in [-0.25, -0.2) is 0 Å². The van der Waals surface area contributed by atoms with Crippen molar-refractivity contribution >= 4 is 38.3 Å². The van der Waals surface area contributed by atoms with Crippen LogP contribution in [0.5, 0.6) is 0 Å². The Balaban J connectivity index is 2.50. The van der Waals surface area contributed by atoms with Crippen LogP contribution in [-0.2, 0) is 9.13 Å². The van der Waals surface area contributed by atoms with E-state index in [0.717, 1.165) is 32.8 Å². The molecular formula is C17H12O2P2. The van der Waals surface area contributed by atoms with Gasteiger partial charge in [0, 0.05) is 11.1 Å². The molecule has 102 valence electrons. The molecule has 0 aliphatic heterocycles. The van der Waals surface area contributed by atoms with Crippen molar-refractivity contribution in [2.24, 2.45) is 0 Å². The zero-order valence-corrected chi connectivity index (χ0v) is 13.2. The van der Waals surface area contributed by atoms with E-state index >= 15 is 0 Å². The van der Waals surface area contributed by atoms with Crippen LogP contribution in [0.2, 0.25) is 0 Å². The largest absolute Gasteiger partial charge is 0.269 e. The molecule has 0 spiro atoms. The molecule has 0 unspecified atom stereocenters. The summed E-state index contributed by atoms with van der Waals surface area (Å²) in [6.07, 6.45) is 0. The molecule has 0 aromatic heterocycles. The van der Waals surface area contributed by atoms with E-state index in [0.29, 0.717) is 5.30 Å². The van der Waals surface area contributed by atoms with Crippen molar-refractivity contribution in [3.63, 3.8) is 0 Å². The lowest BCUT2D eigenvalue weighted by molar-refractivity contribution is 0.602. The fraction of sp³-hybridized carbons (Fsp3) is 0.0588. The molecule has 0 saturated heterocycles. The minimum atomic E-state index is -0.0327. The van der Waals surface area contributed by atoms with Gasteiger partial charge in [-0.3, -0.25) is 9.13 Å². The van der Waals surface area contributed by atoms with Gasteiger partial charge in [-0.05, 0) is 35.4 Å². The average Bonchev–Trinajstić information content (AvgIpc) is 2.53. The topological polar surface area (TPSA) is 34.1 Å². The Kier molecular flexibility index (Phi) is 3.92. The summed E-state index contributed by atoms with van der Waals surface area (Å²) in [7, 11) is -0.0619. The summed E-state index contributed by atoms with van der Waals surface area (Å²) in [5.74, 6) is 0. The zero-order valence-electron chi connectivity index (χ0n) is 11.4. The summed E-state index contributed by atoms with van der Waals surface area (Å²) in [5, 5.41) is 3.54. The van der Waals surface area contributed by atoms with Gasteiger partial charge >= 0.3 is 0 Å². The Morgan fingerprint density at radius 3 is 2.19 bits per heavy atom. The maximum absolute atomic E-state index is 11.6. The second-order valence-electron chi connectivity index (χ2n) is 4.83. The van der Waals surface area contributed by atoms with Crippen LogP contribution < -0.4 is 10.6 Å². The van der Waals surface area contributed by atoms with Gasteiger partial charge in [-0.1, -0.05) is 42.5 Å². The standard InChI is InChI=1S/C17H12O2P2/c1-11-5-4-8-14(20-18)16(11)17-13-7-3-2-6-12(13)9-10-15(17)21-19/h2-10H,1H3. The highest BCUT2D eigenvalue weighted by Crippen LogP contribution is 2.31. The highest BCUT2D eigenvalue weighted by molar-refractivity contribution is 7.35. The summed E-state index contributed by atoms with van der Waals surface area (Å²) in [4.78, 5) is 0. The van der Waals surface area contributed by atoms with Crippen molar-refractivity contribution in [2.75, 3.05) is 0 Å². The highest BCUT2D eigenvalue weighted by atomic mass is 31.1. The molecule has 0 radical (unpaired) electrons. The summed E-state index contributed by atoms with van der Waals surface area (Å²) in [6.45, 7) is 1.98. The van der Waals surface area contributed by atoms with Crippen molar-refractivity contribution in [1.82, 2.24) is 0 Å². The normalized spacial score (nSPS) is 11.3. The van der Waals surface area contributed by atoms with Crippen molar-refractivity contribution in [3.05, 3.63) is 60.2 Å². The van der Waals surface area contributed by atoms with Gasteiger partial charge in [0.05, 0.1) is 10.6 Å². The number of aryl methyl sites for hydroxylation is 1. The van der Waals surface area contributed by atoms with E-state index in [4.69, 9.17) is 0 Å². The Morgan fingerprint density at radius 2 is 1.43 bits per heavy atom. The van der Waals surface area contributed by atoms with Gasteiger partial charge in [0.2, 0.25) is 0 Å². The first-order valence-electron chi connectivity index (χ1n) is 6.54. The Morgan fingerprint density at radius 1 is 0.714 bits per heavy atom. The molecular weight excluding hydrogens is 298 g/mol. The van der Waals surface area contributed by atoms with Crippen molar-refractivity contribution in [2.45, 2.75) is 6.92 Å². The third-order valence-electron chi connectivity index (χ3n) is 3.60. The van der Waals surface area contributed by atoms with Gasteiger partial charge < -0.3 is 0 Å². The first-order chi connectivity index (χ1) is 10.3. The zero-order chi connectivity index (χ0) is 14.8. The van der Waals surface area contributed by atoms with E-state index < -0.39 is 0 Å². The monoisotopic (exact) mass is 310 g/mol. The van der Waals surface area contributed by atoms with Crippen LogP contribution in [0.25, 0.3) is 21.9 Å². The molecule has 0 amide bonds. The van der Waals surface area contributed by atoms with Crippen molar-refractivity contribution < 1.29 is 9.13 Å². The molecule has 0 heterocycles. The van der Waals surface area contributed by atoms with Crippen LogP contribution in [-0.4, -0.2) is 0 Å². The molecule has 3 aromatic rings. The molecule has 0 aliphatic rings. The van der Waals surface area contributed by atoms with E-state index in [2.05, 4.69) is 0 Å². The summed E-state index contributed by atoms with van der Waals surface area (Å²) < 4.78 is 23.1. The molecule has 3 rings (SSSR count). The number of rotatable bonds is 3. The second kappa shape index (κ2) is 5.85. The fourth-order valence-electron chi connectivity index (χ4n) is 2.65. The first-order valence-corrected chi connectivity index (χ1v) is 8.17. The van der Waals surface area contributed by atoms with Gasteiger partial charge in [-0.15, -0.1) is 0 Å². The molecule has 0 N–H and O–H groups in total. The number of hydrogen-bond donors (Lipinski definition) is 0. The summed E-state index contributed by atoms with van der Waals surface area (Å²) in [6, 6.07) is 17.5. The molecule has 4 heteroatoms. The van der Waals surface area contributed by atoms with Crippen LogP contribution in [0.4, 0.5) is 0 Å². The molecule has 3 aromatic carbocycles. The van der Waals surface area contributed by atoms with E-state index in [1.54, 1.807) is 0 Å². The van der Waals surface area contributed by atoms with Gasteiger partial charge in [-0.2, -0.15) is 0 Å². The highest BCUT2D eigenvalue weighted by Gasteiger charge is 2.16. The quantitative estimate of drug-likeness (QED) is 0.660. The fourth-order valence-corrected chi connectivity index (χ4v) is 3.64. The lowest BCUT2D eigenvalue weighted by Gasteiger charge is -2.13. The molecule has 0 aliphatic carbocycles. The van der Waals surface area contributed by atoms with Gasteiger partial charge in [0.15, 0.2) is 16.9 Å². The SMILES string of the molecule is Cc1cccc(P=O)c1-c1c(P=O)ccc2ccccc12. The van der Waals surface area contributed by atoms with Crippen molar-refractivity contribution in [1.29, 1.82) is 0 Å².